The van der Waals surface area contributed by atoms with Crippen molar-refractivity contribution in [2.75, 3.05) is 6.79 Å². The summed E-state index contributed by atoms with van der Waals surface area (Å²) in [7, 11) is 0. The normalized spacial score (nSPS) is 22.1. The summed E-state index contributed by atoms with van der Waals surface area (Å²) in [5, 5.41) is 1.28. The molecule has 0 unspecified atom stereocenters. The molecule has 3 aromatic rings. The number of hydrogen-bond acceptors (Lipinski definition) is 5. The Balaban J connectivity index is 1.07. The molecule has 6 rings (SSSR count). The fourth-order valence-corrected chi connectivity index (χ4v) is 6.79. The van der Waals surface area contributed by atoms with Gasteiger partial charge in [0.05, 0.1) is 5.02 Å². The van der Waals surface area contributed by atoms with Gasteiger partial charge in [0, 0.05) is 52.2 Å². The highest BCUT2D eigenvalue weighted by Crippen LogP contribution is 2.40. The summed E-state index contributed by atoms with van der Waals surface area (Å²) >= 11 is 13.9. The van der Waals surface area contributed by atoms with Gasteiger partial charge in [0.25, 0.3) is 5.91 Å². The minimum absolute atomic E-state index is 0.0889. The maximum absolute atomic E-state index is 13.4. The van der Waals surface area contributed by atoms with E-state index < -0.39 is 0 Å². The summed E-state index contributed by atoms with van der Waals surface area (Å²) in [4.78, 5) is 16.5. The fourth-order valence-electron chi connectivity index (χ4n) is 5.34. The minimum atomic E-state index is 0.0889. The molecule has 186 valence electrons. The van der Waals surface area contributed by atoms with Crippen molar-refractivity contribution in [1.82, 2.24) is 4.90 Å². The second-order valence-corrected chi connectivity index (χ2v) is 11.2. The van der Waals surface area contributed by atoms with Crippen molar-refractivity contribution in [1.29, 1.82) is 0 Å². The number of ether oxygens (including phenoxy) is 3. The molecule has 0 aromatic heterocycles. The van der Waals surface area contributed by atoms with Gasteiger partial charge in [0.1, 0.15) is 11.9 Å². The lowest BCUT2D eigenvalue weighted by molar-refractivity contribution is 0.0358. The number of halogens is 2. The molecular weight excluding hydrogens is 517 g/mol. The van der Waals surface area contributed by atoms with Crippen LogP contribution in [0.15, 0.2) is 65.6 Å². The lowest BCUT2D eigenvalue weighted by atomic mass is 9.98. The van der Waals surface area contributed by atoms with Crippen LogP contribution in [0.4, 0.5) is 0 Å². The van der Waals surface area contributed by atoms with Crippen molar-refractivity contribution in [2.45, 2.75) is 54.5 Å². The third kappa shape index (κ3) is 4.86. The zero-order valence-corrected chi connectivity index (χ0v) is 21.8. The second kappa shape index (κ2) is 10.1. The van der Waals surface area contributed by atoms with E-state index in [2.05, 4.69) is 4.90 Å². The molecule has 1 amide bonds. The van der Waals surface area contributed by atoms with Gasteiger partial charge >= 0.3 is 0 Å². The molecule has 8 heteroatoms. The monoisotopic (exact) mass is 541 g/mol. The van der Waals surface area contributed by atoms with Gasteiger partial charge in [0.15, 0.2) is 11.5 Å². The van der Waals surface area contributed by atoms with Crippen molar-refractivity contribution in [3.05, 3.63) is 81.8 Å². The molecule has 0 radical (unpaired) electrons. The number of carbonyl (C=O) groups excluding carboxylic acids is 1. The van der Waals surface area contributed by atoms with E-state index in [0.717, 1.165) is 64.7 Å². The minimum Gasteiger partial charge on any atom is -0.490 e. The first-order chi connectivity index (χ1) is 17.5. The maximum Gasteiger partial charge on any atom is 0.254 e. The molecule has 2 saturated heterocycles. The molecule has 3 aliphatic rings. The molecule has 3 aliphatic heterocycles. The van der Waals surface area contributed by atoms with Gasteiger partial charge in [0.2, 0.25) is 6.79 Å². The van der Waals surface area contributed by atoms with Crippen molar-refractivity contribution >= 4 is 40.9 Å². The Morgan fingerprint density at radius 3 is 2.44 bits per heavy atom. The summed E-state index contributed by atoms with van der Waals surface area (Å²) < 4.78 is 17.2. The molecule has 2 atom stereocenters. The number of carbonyl (C=O) groups is 1. The van der Waals surface area contributed by atoms with Crippen molar-refractivity contribution < 1.29 is 19.0 Å². The van der Waals surface area contributed by atoms with Crippen LogP contribution in [-0.4, -0.2) is 35.8 Å². The van der Waals surface area contributed by atoms with E-state index in [0.29, 0.717) is 10.0 Å². The second-order valence-electron chi connectivity index (χ2n) is 9.38. The smallest absolute Gasteiger partial charge is 0.254 e. The number of rotatable bonds is 6. The Bertz CT molecular complexity index is 1270. The third-order valence-corrected chi connectivity index (χ3v) is 8.86. The highest BCUT2D eigenvalue weighted by atomic mass is 35.5. The largest absolute Gasteiger partial charge is 0.490 e. The van der Waals surface area contributed by atoms with Crippen LogP contribution in [0.1, 0.15) is 41.6 Å². The molecular formula is C28H25Cl2NO4S. The molecule has 3 aromatic carbocycles. The topological polar surface area (TPSA) is 48.0 Å². The maximum atomic E-state index is 13.4. The zero-order valence-electron chi connectivity index (χ0n) is 19.5. The molecule has 0 saturated carbocycles. The molecule has 3 heterocycles. The summed E-state index contributed by atoms with van der Waals surface area (Å²) in [5.41, 5.74) is 1.88. The van der Waals surface area contributed by atoms with Gasteiger partial charge in [-0.25, -0.2) is 0 Å². The van der Waals surface area contributed by atoms with E-state index in [1.165, 1.54) is 0 Å². The molecule has 36 heavy (non-hydrogen) atoms. The van der Waals surface area contributed by atoms with Crippen molar-refractivity contribution in [3.63, 3.8) is 0 Å². The van der Waals surface area contributed by atoms with Crippen LogP contribution >= 0.6 is 35.0 Å². The zero-order chi connectivity index (χ0) is 24.6. The predicted molar refractivity (Wildman–Crippen MR) is 142 cm³/mol. The van der Waals surface area contributed by atoms with Crippen LogP contribution in [0.2, 0.25) is 10.0 Å². The Hall–Kier alpha value is -2.54. The fraction of sp³-hybridized carbons (Fsp3) is 0.321. The van der Waals surface area contributed by atoms with Crippen LogP contribution in [0, 0.1) is 0 Å². The first-order valence-electron chi connectivity index (χ1n) is 12.1. The van der Waals surface area contributed by atoms with Gasteiger partial charge in [-0.2, -0.15) is 0 Å². The van der Waals surface area contributed by atoms with Crippen LogP contribution in [0.5, 0.6) is 17.2 Å². The number of amides is 1. The Kier molecular flexibility index (Phi) is 6.67. The highest BCUT2D eigenvalue weighted by molar-refractivity contribution is 7.98. The van der Waals surface area contributed by atoms with E-state index >= 15 is 0 Å². The van der Waals surface area contributed by atoms with Gasteiger partial charge in [-0.3, -0.25) is 4.79 Å². The Morgan fingerprint density at radius 2 is 1.69 bits per heavy atom. The highest BCUT2D eigenvalue weighted by Gasteiger charge is 2.44. The number of benzene rings is 3. The average molecular weight is 542 g/mol. The van der Waals surface area contributed by atoms with E-state index in [4.69, 9.17) is 37.4 Å². The summed E-state index contributed by atoms with van der Waals surface area (Å²) in [6.45, 7) is 0.250. The summed E-state index contributed by atoms with van der Waals surface area (Å²) in [6.07, 6.45) is 3.81. The molecule has 2 bridgehead atoms. The van der Waals surface area contributed by atoms with Crippen LogP contribution in [0.3, 0.4) is 0 Å². The Morgan fingerprint density at radius 1 is 0.944 bits per heavy atom. The van der Waals surface area contributed by atoms with E-state index in [1.54, 1.807) is 17.8 Å². The lowest BCUT2D eigenvalue weighted by Crippen LogP contribution is -2.49. The van der Waals surface area contributed by atoms with E-state index in [1.807, 2.05) is 54.6 Å². The molecule has 0 aliphatic carbocycles. The van der Waals surface area contributed by atoms with Crippen LogP contribution < -0.4 is 14.2 Å². The van der Waals surface area contributed by atoms with Gasteiger partial charge in [-0.15, -0.1) is 11.8 Å². The first-order valence-corrected chi connectivity index (χ1v) is 13.8. The van der Waals surface area contributed by atoms with Gasteiger partial charge in [-0.1, -0.05) is 35.3 Å². The third-order valence-electron chi connectivity index (χ3n) is 7.06. The first kappa shape index (κ1) is 23.8. The molecule has 2 fully saturated rings. The molecule has 5 nitrogen and oxygen atoms in total. The summed E-state index contributed by atoms with van der Waals surface area (Å²) in [6, 6.07) is 19.6. The van der Waals surface area contributed by atoms with Gasteiger partial charge < -0.3 is 19.1 Å². The Labute approximate surface area is 224 Å². The van der Waals surface area contributed by atoms with Crippen LogP contribution in [0.25, 0.3) is 0 Å². The predicted octanol–water partition coefficient (Wildman–Crippen LogP) is 7.23. The van der Waals surface area contributed by atoms with Gasteiger partial charge in [-0.05, 0) is 60.9 Å². The van der Waals surface area contributed by atoms with Crippen molar-refractivity contribution in [2.24, 2.45) is 0 Å². The van der Waals surface area contributed by atoms with Crippen LogP contribution in [-0.2, 0) is 5.75 Å². The SMILES string of the molecule is O=C(c1ccc(CSc2ccc(Cl)cc2Cl)cc1)N1[C@H]2CC[C@H]1CC(Oc1ccc3c(c1)OCO3)C2. The number of piperidine rings is 1. The number of nitrogens with zero attached hydrogens (tertiary/aromatic N) is 1. The molecule has 0 spiro atoms. The van der Waals surface area contributed by atoms with E-state index in [-0.39, 0.29) is 30.9 Å². The standard InChI is InChI=1S/C28H25Cl2NO4S/c29-19-5-10-27(24(30)11-19)36-15-17-1-3-18(4-2-17)28(32)31-20-6-7-21(31)13-23(12-20)35-22-8-9-25-26(14-22)34-16-33-25/h1-5,8-11,14,20-21,23H,6-7,12-13,15-16H2/t20-,21-/m0/s1. The average Bonchev–Trinajstić information content (AvgIpc) is 3.45. The van der Waals surface area contributed by atoms with E-state index in [9.17, 15) is 4.79 Å². The van der Waals surface area contributed by atoms with Crippen molar-refractivity contribution in [3.8, 4) is 17.2 Å². The number of fused-ring (bicyclic) bond motifs is 3. The molecule has 0 N–H and O–H groups in total. The summed E-state index contributed by atoms with van der Waals surface area (Å²) in [5.74, 6) is 3.15. The lowest BCUT2D eigenvalue weighted by Gasteiger charge is -2.39. The number of hydrogen-bond donors (Lipinski definition) is 0. The number of thioether (sulfide) groups is 1. The quantitative estimate of drug-likeness (QED) is 0.308.